The van der Waals surface area contributed by atoms with Gasteiger partial charge < -0.3 is 20.8 Å². The zero-order chi connectivity index (χ0) is 16.2. The molecular formula is C15H19N5O3. The van der Waals surface area contributed by atoms with E-state index < -0.39 is 18.2 Å². The summed E-state index contributed by atoms with van der Waals surface area (Å²) in [5.41, 5.74) is 1.64. The van der Waals surface area contributed by atoms with Gasteiger partial charge in [0, 0.05) is 6.54 Å². The van der Waals surface area contributed by atoms with Gasteiger partial charge in [-0.1, -0.05) is 12.1 Å². The van der Waals surface area contributed by atoms with Crippen LogP contribution in [0.1, 0.15) is 18.0 Å². The Morgan fingerprint density at radius 3 is 2.78 bits per heavy atom. The fraction of sp³-hybridized carbons (Fsp3) is 0.400. The highest BCUT2D eigenvalue weighted by Gasteiger charge is 2.29. The van der Waals surface area contributed by atoms with E-state index >= 15 is 0 Å². The van der Waals surface area contributed by atoms with Gasteiger partial charge in [0.15, 0.2) is 0 Å². The number of hydrogen-bond acceptors (Lipinski definition) is 6. The zero-order valence-corrected chi connectivity index (χ0v) is 12.5. The van der Waals surface area contributed by atoms with Crippen LogP contribution in [0.5, 0.6) is 0 Å². The van der Waals surface area contributed by atoms with Crippen LogP contribution < -0.4 is 10.6 Å². The Balaban J connectivity index is 1.67. The third kappa shape index (κ3) is 3.55. The number of aliphatic hydroxyl groups is 2. The van der Waals surface area contributed by atoms with Crippen molar-refractivity contribution in [2.24, 2.45) is 0 Å². The molecule has 2 aromatic rings. The molecule has 0 bridgehead atoms. The molecule has 1 aromatic carbocycles. The number of rotatable bonds is 5. The summed E-state index contributed by atoms with van der Waals surface area (Å²) < 4.78 is 1.63. The van der Waals surface area contributed by atoms with Crippen LogP contribution in [-0.2, 0) is 4.79 Å². The minimum Gasteiger partial charge on any atom is -0.394 e. The summed E-state index contributed by atoms with van der Waals surface area (Å²) in [6.07, 6.45) is 2.93. The molecule has 1 fully saturated rings. The van der Waals surface area contributed by atoms with Crippen molar-refractivity contribution in [2.45, 2.75) is 24.6 Å². The molecule has 1 aromatic heterocycles. The lowest BCUT2D eigenvalue weighted by molar-refractivity contribution is -0.124. The highest BCUT2D eigenvalue weighted by Crippen LogP contribution is 2.16. The Bertz CT molecular complexity index is 644. The third-order valence-corrected chi connectivity index (χ3v) is 3.90. The van der Waals surface area contributed by atoms with Crippen LogP contribution in [0, 0.1) is 0 Å². The number of nitrogens with one attached hydrogen (secondary N) is 2. The van der Waals surface area contributed by atoms with E-state index in [1.807, 2.05) is 24.3 Å². The van der Waals surface area contributed by atoms with Crippen molar-refractivity contribution >= 4 is 5.91 Å². The van der Waals surface area contributed by atoms with Crippen molar-refractivity contribution in [3.63, 3.8) is 0 Å². The van der Waals surface area contributed by atoms with E-state index in [1.165, 1.54) is 6.33 Å². The number of amides is 1. The first-order valence-electron chi connectivity index (χ1n) is 7.45. The lowest BCUT2D eigenvalue weighted by atomic mass is 10.1. The van der Waals surface area contributed by atoms with Crippen LogP contribution in [0.3, 0.4) is 0 Å². The first kappa shape index (κ1) is 15.6. The number of benzene rings is 1. The quantitative estimate of drug-likeness (QED) is 0.571. The second-order valence-electron chi connectivity index (χ2n) is 5.53. The first-order chi connectivity index (χ1) is 11.2. The molecule has 1 saturated heterocycles. The van der Waals surface area contributed by atoms with Crippen LogP contribution in [0.2, 0.25) is 0 Å². The molecule has 0 saturated carbocycles. The van der Waals surface area contributed by atoms with Crippen molar-refractivity contribution in [3.05, 3.63) is 42.5 Å². The molecule has 8 heteroatoms. The number of carbonyl (C=O) groups is 1. The van der Waals surface area contributed by atoms with Gasteiger partial charge in [0.2, 0.25) is 5.91 Å². The largest absolute Gasteiger partial charge is 0.394 e. The lowest BCUT2D eigenvalue weighted by Gasteiger charge is -2.19. The van der Waals surface area contributed by atoms with Crippen LogP contribution in [0.4, 0.5) is 0 Å². The number of carbonyl (C=O) groups excluding carboxylic acids is 1. The van der Waals surface area contributed by atoms with Crippen molar-refractivity contribution in [1.29, 1.82) is 0 Å². The van der Waals surface area contributed by atoms with Gasteiger partial charge in [0.25, 0.3) is 0 Å². The number of aromatic nitrogens is 3. The highest BCUT2D eigenvalue weighted by molar-refractivity contribution is 5.82. The molecule has 8 nitrogen and oxygen atoms in total. The summed E-state index contributed by atoms with van der Waals surface area (Å²) >= 11 is 0. The Kier molecular flexibility index (Phi) is 4.65. The Hall–Kier alpha value is -2.29. The standard InChI is InChI=1S/C15H19N5O3/c21-7-14(19-15(23)13-5-12(22)6-17-13)10-1-3-11(4-2-10)20-9-16-8-18-20/h1-4,8-9,12-14,17,21-22H,5-7H2,(H,19,23)/t12?,13-,14-/m0/s1. The molecule has 2 heterocycles. The molecule has 3 atom stereocenters. The minimum absolute atomic E-state index is 0.205. The van der Waals surface area contributed by atoms with Gasteiger partial charge in [-0.15, -0.1) is 0 Å². The van der Waals surface area contributed by atoms with Gasteiger partial charge in [-0.3, -0.25) is 4.79 Å². The summed E-state index contributed by atoms with van der Waals surface area (Å²) in [5, 5.41) is 28.8. The van der Waals surface area contributed by atoms with Crippen LogP contribution in [-0.4, -0.2) is 56.2 Å². The molecule has 0 aliphatic carbocycles. The zero-order valence-electron chi connectivity index (χ0n) is 12.5. The van der Waals surface area contributed by atoms with Crippen molar-refractivity contribution < 1.29 is 15.0 Å². The van der Waals surface area contributed by atoms with Gasteiger partial charge in [-0.2, -0.15) is 5.10 Å². The summed E-state index contributed by atoms with van der Waals surface area (Å²) in [6, 6.07) is 6.43. The van der Waals surface area contributed by atoms with E-state index in [0.29, 0.717) is 13.0 Å². The van der Waals surface area contributed by atoms with E-state index in [2.05, 4.69) is 20.7 Å². The van der Waals surface area contributed by atoms with Crippen LogP contribution in [0.25, 0.3) is 5.69 Å². The van der Waals surface area contributed by atoms with Gasteiger partial charge in [-0.05, 0) is 24.1 Å². The van der Waals surface area contributed by atoms with E-state index in [-0.39, 0.29) is 12.5 Å². The van der Waals surface area contributed by atoms with E-state index in [1.54, 1.807) is 11.0 Å². The molecular weight excluding hydrogens is 298 g/mol. The summed E-state index contributed by atoms with van der Waals surface area (Å²) in [5.74, 6) is -0.221. The van der Waals surface area contributed by atoms with Crippen LogP contribution >= 0.6 is 0 Å². The SMILES string of the molecule is O=C(N[C@@H](CO)c1ccc(-n2cncn2)cc1)[C@@H]1CC(O)CN1. The molecule has 122 valence electrons. The second kappa shape index (κ2) is 6.86. The summed E-state index contributed by atoms with van der Waals surface area (Å²) in [6.45, 7) is 0.207. The summed E-state index contributed by atoms with van der Waals surface area (Å²) in [4.78, 5) is 16.1. The molecule has 3 rings (SSSR count). The number of nitrogens with zero attached hydrogens (tertiary/aromatic N) is 3. The maximum atomic E-state index is 12.2. The number of aliphatic hydroxyl groups excluding tert-OH is 2. The molecule has 4 N–H and O–H groups in total. The average Bonchev–Trinajstić information content (AvgIpc) is 3.24. The monoisotopic (exact) mass is 317 g/mol. The fourth-order valence-corrected chi connectivity index (χ4v) is 2.62. The lowest BCUT2D eigenvalue weighted by Crippen LogP contribution is -2.42. The van der Waals surface area contributed by atoms with Crippen molar-refractivity contribution in [2.75, 3.05) is 13.2 Å². The van der Waals surface area contributed by atoms with E-state index in [9.17, 15) is 15.0 Å². The smallest absolute Gasteiger partial charge is 0.237 e. The molecule has 0 spiro atoms. The average molecular weight is 317 g/mol. The molecule has 1 unspecified atom stereocenters. The Labute approximate surface area is 133 Å². The Morgan fingerprint density at radius 2 is 2.22 bits per heavy atom. The van der Waals surface area contributed by atoms with Crippen LogP contribution in [0.15, 0.2) is 36.9 Å². The number of hydrogen-bond donors (Lipinski definition) is 4. The molecule has 0 radical (unpaired) electrons. The normalized spacial score (nSPS) is 22.0. The minimum atomic E-state index is -0.500. The maximum absolute atomic E-state index is 12.2. The molecule has 1 aliphatic rings. The Morgan fingerprint density at radius 1 is 1.43 bits per heavy atom. The third-order valence-electron chi connectivity index (χ3n) is 3.90. The topological polar surface area (TPSA) is 112 Å². The van der Waals surface area contributed by atoms with Gasteiger partial charge >= 0.3 is 0 Å². The first-order valence-corrected chi connectivity index (χ1v) is 7.45. The van der Waals surface area contributed by atoms with Gasteiger partial charge in [0.1, 0.15) is 12.7 Å². The molecule has 23 heavy (non-hydrogen) atoms. The maximum Gasteiger partial charge on any atom is 0.237 e. The second-order valence-corrected chi connectivity index (χ2v) is 5.53. The predicted molar refractivity (Wildman–Crippen MR) is 81.7 cm³/mol. The highest BCUT2D eigenvalue weighted by atomic mass is 16.3. The van der Waals surface area contributed by atoms with Gasteiger partial charge in [-0.25, -0.2) is 9.67 Å². The van der Waals surface area contributed by atoms with E-state index in [0.717, 1.165) is 11.3 Å². The van der Waals surface area contributed by atoms with Gasteiger partial charge in [0.05, 0.1) is 30.5 Å². The number of β-amino-alcohol motifs (C(OH)–C–C–N with tert-alkyl or cyclic N) is 1. The summed E-state index contributed by atoms with van der Waals surface area (Å²) in [7, 11) is 0. The van der Waals surface area contributed by atoms with Crippen molar-refractivity contribution in [3.8, 4) is 5.69 Å². The fourth-order valence-electron chi connectivity index (χ4n) is 2.62. The van der Waals surface area contributed by atoms with Crippen molar-refractivity contribution in [1.82, 2.24) is 25.4 Å². The molecule has 1 amide bonds. The molecule has 1 aliphatic heterocycles. The predicted octanol–water partition coefficient (Wildman–Crippen LogP) is -0.860. The van der Waals surface area contributed by atoms with E-state index in [4.69, 9.17) is 0 Å².